The van der Waals surface area contributed by atoms with Gasteiger partial charge in [-0.2, -0.15) is 0 Å². The highest BCUT2D eigenvalue weighted by Crippen LogP contribution is 2.37. The molecular weight excluding hydrogens is 152 g/mol. The normalized spacial score (nSPS) is 28.1. The first-order chi connectivity index (χ1) is 5.74. The molecule has 12 heavy (non-hydrogen) atoms. The van der Waals surface area contributed by atoms with Crippen LogP contribution in [0.25, 0.3) is 0 Å². The zero-order valence-corrected chi connectivity index (χ0v) is 7.75. The van der Waals surface area contributed by atoms with Crippen molar-refractivity contribution in [2.45, 2.75) is 45.4 Å². The van der Waals surface area contributed by atoms with E-state index in [2.05, 4.69) is 6.92 Å². The monoisotopic (exact) mass is 170 g/mol. The van der Waals surface area contributed by atoms with E-state index in [-0.39, 0.29) is 5.92 Å². The van der Waals surface area contributed by atoms with Crippen molar-refractivity contribution in [3.05, 3.63) is 0 Å². The van der Waals surface area contributed by atoms with Crippen LogP contribution in [-0.2, 0) is 4.79 Å². The summed E-state index contributed by atoms with van der Waals surface area (Å²) in [6, 6.07) is 0. The summed E-state index contributed by atoms with van der Waals surface area (Å²) < 4.78 is 0. The van der Waals surface area contributed by atoms with E-state index in [1.54, 1.807) is 0 Å². The van der Waals surface area contributed by atoms with Gasteiger partial charge >= 0.3 is 5.97 Å². The zero-order chi connectivity index (χ0) is 8.97. The van der Waals surface area contributed by atoms with Gasteiger partial charge in [-0.3, -0.25) is 4.79 Å². The number of hydrogen-bond donors (Lipinski definition) is 1. The maximum Gasteiger partial charge on any atom is 0.306 e. The molecule has 70 valence electrons. The van der Waals surface area contributed by atoms with Gasteiger partial charge < -0.3 is 5.11 Å². The van der Waals surface area contributed by atoms with Crippen LogP contribution in [-0.4, -0.2) is 11.1 Å². The van der Waals surface area contributed by atoms with E-state index in [1.165, 1.54) is 25.7 Å². The van der Waals surface area contributed by atoms with E-state index in [9.17, 15) is 4.79 Å². The maximum atomic E-state index is 10.5. The fourth-order valence-electron chi connectivity index (χ4n) is 1.86. The maximum absolute atomic E-state index is 10.5. The molecule has 0 bridgehead atoms. The molecule has 0 saturated heterocycles. The van der Waals surface area contributed by atoms with Crippen molar-refractivity contribution >= 4 is 5.97 Å². The van der Waals surface area contributed by atoms with Gasteiger partial charge in [0.1, 0.15) is 0 Å². The summed E-state index contributed by atoms with van der Waals surface area (Å²) in [6.07, 6.45) is 6.95. The minimum Gasteiger partial charge on any atom is -0.481 e. The molecule has 1 aliphatic carbocycles. The molecule has 0 atom stereocenters. The number of carboxylic acids is 1. The fraction of sp³-hybridized carbons (Fsp3) is 0.900. The SMILES string of the molecule is CCCCC[C@H]1C[C@H](C(=O)O)C1. The van der Waals surface area contributed by atoms with Crippen molar-refractivity contribution in [3.8, 4) is 0 Å². The molecule has 2 heteroatoms. The predicted molar refractivity (Wildman–Crippen MR) is 48.0 cm³/mol. The Hall–Kier alpha value is -0.530. The van der Waals surface area contributed by atoms with Crippen LogP contribution in [0.15, 0.2) is 0 Å². The number of aliphatic carboxylic acids is 1. The van der Waals surface area contributed by atoms with Gasteiger partial charge in [-0.15, -0.1) is 0 Å². The molecular formula is C10H18O2. The molecule has 0 heterocycles. The summed E-state index contributed by atoms with van der Waals surface area (Å²) in [5, 5.41) is 8.62. The molecule has 1 saturated carbocycles. The second-order valence-electron chi connectivity index (χ2n) is 3.87. The standard InChI is InChI=1S/C10H18O2/c1-2-3-4-5-8-6-9(7-8)10(11)12/h8-9H,2-7H2,1H3,(H,11,12)/t8-,9-. The predicted octanol–water partition coefficient (Wildman–Crippen LogP) is 2.68. The lowest BCUT2D eigenvalue weighted by atomic mass is 9.72. The second kappa shape index (κ2) is 4.48. The van der Waals surface area contributed by atoms with Gasteiger partial charge in [-0.1, -0.05) is 32.6 Å². The number of carboxylic acid groups (broad SMARTS) is 1. The summed E-state index contributed by atoms with van der Waals surface area (Å²) >= 11 is 0. The van der Waals surface area contributed by atoms with Crippen molar-refractivity contribution in [2.24, 2.45) is 11.8 Å². The van der Waals surface area contributed by atoms with E-state index in [0.29, 0.717) is 0 Å². The Morgan fingerprint density at radius 3 is 2.58 bits per heavy atom. The van der Waals surface area contributed by atoms with Crippen LogP contribution in [0, 0.1) is 11.8 Å². The zero-order valence-electron chi connectivity index (χ0n) is 7.75. The van der Waals surface area contributed by atoms with Gasteiger partial charge in [0.15, 0.2) is 0 Å². The first-order valence-electron chi connectivity index (χ1n) is 4.96. The lowest BCUT2D eigenvalue weighted by Gasteiger charge is -2.32. The Kier molecular flexibility index (Phi) is 3.57. The summed E-state index contributed by atoms with van der Waals surface area (Å²) in [5.41, 5.74) is 0. The van der Waals surface area contributed by atoms with Crippen LogP contribution < -0.4 is 0 Å². The van der Waals surface area contributed by atoms with Crippen molar-refractivity contribution < 1.29 is 9.90 Å². The van der Waals surface area contributed by atoms with E-state index < -0.39 is 5.97 Å². The van der Waals surface area contributed by atoms with E-state index in [4.69, 9.17) is 5.11 Å². The Labute approximate surface area is 74.0 Å². The molecule has 0 aromatic carbocycles. The molecule has 0 aromatic heterocycles. The highest BCUT2D eigenvalue weighted by Gasteiger charge is 2.33. The van der Waals surface area contributed by atoms with E-state index in [0.717, 1.165) is 18.8 Å². The molecule has 1 N–H and O–H groups in total. The van der Waals surface area contributed by atoms with E-state index >= 15 is 0 Å². The molecule has 0 amide bonds. The van der Waals surface area contributed by atoms with Crippen molar-refractivity contribution in [3.63, 3.8) is 0 Å². The molecule has 1 rings (SSSR count). The molecule has 0 spiro atoms. The Morgan fingerprint density at radius 1 is 1.42 bits per heavy atom. The topological polar surface area (TPSA) is 37.3 Å². The van der Waals surface area contributed by atoms with Gasteiger partial charge in [-0.25, -0.2) is 0 Å². The van der Waals surface area contributed by atoms with Crippen LogP contribution in [0.3, 0.4) is 0 Å². The molecule has 1 fully saturated rings. The molecule has 1 aliphatic rings. The van der Waals surface area contributed by atoms with E-state index in [1.807, 2.05) is 0 Å². The highest BCUT2D eigenvalue weighted by atomic mass is 16.4. The fourth-order valence-corrected chi connectivity index (χ4v) is 1.86. The average Bonchev–Trinajstić information content (AvgIpc) is 1.93. The molecule has 0 aromatic rings. The third-order valence-electron chi connectivity index (χ3n) is 2.80. The van der Waals surface area contributed by atoms with Crippen LogP contribution in [0.2, 0.25) is 0 Å². The minimum atomic E-state index is -0.596. The molecule has 0 aliphatic heterocycles. The third-order valence-corrected chi connectivity index (χ3v) is 2.80. The summed E-state index contributed by atoms with van der Waals surface area (Å²) in [5.74, 6) is 0.107. The number of hydrogen-bond acceptors (Lipinski definition) is 1. The van der Waals surface area contributed by atoms with Gasteiger partial charge in [0.25, 0.3) is 0 Å². The van der Waals surface area contributed by atoms with Gasteiger partial charge in [0, 0.05) is 0 Å². The van der Waals surface area contributed by atoms with Crippen LogP contribution in [0.4, 0.5) is 0 Å². The Bertz CT molecular complexity index is 148. The quantitative estimate of drug-likeness (QED) is 0.644. The van der Waals surface area contributed by atoms with Crippen molar-refractivity contribution in [1.29, 1.82) is 0 Å². The van der Waals surface area contributed by atoms with Crippen LogP contribution in [0.1, 0.15) is 45.4 Å². The third kappa shape index (κ3) is 2.50. The van der Waals surface area contributed by atoms with Gasteiger partial charge in [0.2, 0.25) is 0 Å². The first-order valence-corrected chi connectivity index (χ1v) is 4.96. The lowest BCUT2D eigenvalue weighted by Crippen LogP contribution is -2.30. The average molecular weight is 170 g/mol. The Balaban J connectivity index is 1.98. The largest absolute Gasteiger partial charge is 0.481 e. The lowest BCUT2D eigenvalue weighted by molar-refractivity contribution is -0.146. The second-order valence-corrected chi connectivity index (χ2v) is 3.87. The first kappa shape index (κ1) is 9.56. The van der Waals surface area contributed by atoms with Crippen LogP contribution >= 0.6 is 0 Å². The summed E-state index contributed by atoms with van der Waals surface area (Å²) in [7, 11) is 0. The smallest absolute Gasteiger partial charge is 0.306 e. The van der Waals surface area contributed by atoms with Crippen molar-refractivity contribution in [2.75, 3.05) is 0 Å². The van der Waals surface area contributed by atoms with Gasteiger partial charge in [0.05, 0.1) is 5.92 Å². The number of rotatable bonds is 5. The summed E-state index contributed by atoms with van der Waals surface area (Å²) in [4.78, 5) is 10.5. The van der Waals surface area contributed by atoms with Crippen LogP contribution in [0.5, 0.6) is 0 Å². The Morgan fingerprint density at radius 2 is 2.08 bits per heavy atom. The molecule has 2 nitrogen and oxygen atoms in total. The molecule has 0 radical (unpaired) electrons. The minimum absolute atomic E-state index is 0.0170. The number of carbonyl (C=O) groups is 1. The van der Waals surface area contributed by atoms with Crippen molar-refractivity contribution in [1.82, 2.24) is 0 Å². The summed E-state index contributed by atoms with van der Waals surface area (Å²) in [6.45, 7) is 2.20. The van der Waals surface area contributed by atoms with Gasteiger partial charge in [-0.05, 0) is 18.8 Å². The molecule has 0 unspecified atom stereocenters. The highest BCUT2D eigenvalue weighted by molar-refractivity contribution is 5.71. The number of unbranched alkanes of at least 4 members (excludes halogenated alkanes) is 2.